The Hall–Kier alpha value is -0.160. The van der Waals surface area contributed by atoms with Crippen molar-refractivity contribution >= 4 is 0 Å². The van der Waals surface area contributed by atoms with Crippen molar-refractivity contribution in [2.45, 2.75) is 32.8 Å². The summed E-state index contributed by atoms with van der Waals surface area (Å²) in [6.45, 7) is 5.65. The van der Waals surface area contributed by atoms with E-state index in [2.05, 4.69) is 11.7 Å². The van der Waals surface area contributed by atoms with E-state index in [1.165, 1.54) is 0 Å². The lowest BCUT2D eigenvalue weighted by molar-refractivity contribution is 0.0765. The molecule has 0 aliphatic heterocycles. The molecule has 0 saturated heterocycles. The maximum Gasteiger partial charge on any atom is 0.0745 e. The molecule has 0 aromatic carbocycles. The monoisotopic (exact) mass is 208 g/mol. The second kappa shape index (κ2) is 15.3. The van der Waals surface area contributed by atoms with Crippen LogP contribution in [-0.4, -0.2) is 49.9 Å². The predicted molar refractivity (Wildman–Crippen MR) is 56.4 cm³/mol. The molecule has 0 aliphatic rings. The summed E-state index contributed by atoms with van der Waals surface area (Å²) in [4.78, 5) is 0. The van der Waals surface area contributed by atoms with Crippen molar-refractivity contribution in [2.75, 3.05) is 33.5 Å². The molecule has 0 aliphatic carbocycles. The predicted octanol–water partition coefficient (Wildman–Crippen LogP) is 0.809. The molecular weight excluding hydrogens is 184 g/mol. The Bertz CT molecular complexity index is 80.2. The van der Waals surface area contributed by atoms with Crippen molar-refractivity contribution in [1.29, 1.82) is 0 Å². The van der Waals surface area contributed by atoms with Crippen LogP contribution < -0.4 is 0 Å². The second-order valence-corrected chi connectivity index (χ2v) is 2.99. The fraction of sp³-hybridized carbons (Fsp3) is 1.00. The molecule has 88 valence electrons. The molecule has 0 spiro atoms. The minimum atomic E-state index is -0.324. The molecule has 0 aromatic heterocycles. The summed E-state index contributed by atoms with van der Waals surface area (Å²) in [6, 6.07) is 0. The maximum atomic E-state index is 8.43. The van der Waals surface area contributed by atoms with Gasteiger partial charge in [0.05, 0.1) is 25.9 Å². The van der Waals surface area contributed by atoms with E-state index in [1.807, 2.05) is 0 Å². The summed E-state index contributed by atoms with van der Waals surface area (Å²) < 4.78 is 9.53. The fourth-order valence-corrected chi connectivity index (χ4v) is 0.654. The molecule has 2 N–H and O–H groups in total. The van der Waals surface area contributed by atoms with Gasteiger partial charge in [-0.15, -0.1) is 0 Å². The molecule has 0 heterocycles. The highest BCUT2D eigenvalue weighted by atomic mass is 16.5. The van der Waals surface area contributed by atoms with Gasteiger partial charge >= 0.3 is 0 Å². The Balaban J connectivity index is 0. The number of rotatable bonds is 7. The van der Waals surface area contributed by atoms with Crippen LogP contribution in [0.5, 0.6) is 0 Å². The van der Waals surface area contributed by atoms with Gasteiger partial charge in [0.1, 0.15) is 0 Å². The number of hydrogen-bond acceptors (Lipinski definition) is 4. The molecule has 0 fully saturated rings. The minimum Gasteiger partial charge on any atom is -0.394 e. The van der Waals surface area contributed by atoms with Gasteiger partial charge in [-0.05, 0) is 13.3 Å². The van der Waals surface area contributed by atoms with Crippen LogP contribution in [-0.2, 0) is 9.47 Å². The SMILES string of the molecule is CCCCOCCO.COCC(C)O. The molecule has 4 heteroatoms. The lowest BCUT2D eigenvalue weighted by Gasteiger charge is -1.97. The lowest BCUT2D eigenvalue weighted by Crippen LogP contribution is -2.07. The molecule has 4 nitrogen and oxygen atoms in total. The van der Waals surface area contributed by atoms with Crippen LogP contribution >= 0.6 is 0 Å². The van der Waals surface area contributed by atoms with E-state index in [9.17, 15) is 0 Å². The van der Waals surface area contributed by atoms with Gasteiger partial charge in [0.15, 0.2) is 0 Å². The van der Waals surface area contributed by atoms with Crippen molar-refractivity contribution in [1.82, 2.24) is 0 Å². The van der Waals surface area contributed by atoms with Gasteiger partial charge in [0, 0.05) is 13.7 Å². The third-order valence-corrected chi connectivity index (χ3v) is 1.29. The van der Waals surface area contributed by atoms with Crippen LogP contribution in [0.4, 0.5) is 0 Å². The number of aliphatic hydroxyl groups is 2. The maximum absolute atomic E-state index is 8.43. The van der Waals surface area contributed by atoms with Crippen LogP contribution in [0.25, 0.3) is 0 Å². The normalized spacial score (nSPS) is 11.8. The van der Waals surface area contributed by atoms with Gasteiger partial charge in [0.25, 0.3) is 0 Å². The van der Waals surface area contributed by atoms with Gasteiger partial charge in [-0.2, -0.15) is 0 Å². The Kier molecular flexibility index (Phi) is 17.8. The molecular formula is C10H24O4. The first kappa shape index (κ1) is 16.3. The van der Waals surface area contributed by atoms with Crippen LogP contribution in [0.2, 0.25) is 0 Å². The zero-order valence-corrected chi connectivity index (χ0v) is 9.53. The van der Waals surface area contributed by atoms with Gasteiger partial charge < -0.3 is 19.7 Å². The van der Waals surface area contributed by atoms with Crippen LogP contribution in [0, 0.1) is 0 Å². The Morgan fingerprint density at radius 3 is 2.21 bits per heavy atom. The molecule has 1 unspecified atom stereocenters. The van der Waals surface area contributed by atoms with Gasteiger partial charge in [-0.3, -0.25) is 0 Å². The average Bonchev–Trinajstić information content (AvgIpc) is 2.13. The number of hydrogen-bond donors (Lipinski definition) is 2. The van der Waals surface area contributed by atoms with Crippen molar-refractivity contribution in [3.63, 3.8) is 0 Å². The Labute approximate surface area is 86.8 Å². The Morgan fingerprint density at radius 2 is 1.93 bits per heavy atom. The summed E-state index contributed by atoms with van der Waals surface area (Å²) >= 11 is 0. The van der Waals surface area contributed by atoms with Crippen molar-refractivity contribution < 1.29 is 19.7 Å². The lowest BCUT2D eigenvalue weighted by atomic mass is 10.4. The van der Waals surface area contributed by atoms with Gasteiger partial charge in [0.2, 0.25) is 0 Å². The zero-order chi connectivity index (χ0) is 11.2. The summed E-state index contributed by atoms with van der Waals surface area (Å²) in [5, 5.41) is 16.7. The van der Waals surface area contributed by atoms with Crippen molar-refractivity contribution in [3.8, 4) is 0 Å². The van der Waals surface area contributed by atoms with Gasteiger partial charge in [-0.1, -0.05) is 13.3 Å². The number of ether oxygens (including phenoxy) is 2. The van der Waals surface area contributed by atoms with E-state index in [0.29, 0.717) is 13.2 Å². The highest BCUT2D eigenvalue weighted by molar-refractivity contribution is 4.36. The molecule has 0 saturated carbocycles. The number of unbranched alkanes of at least 4 members (excludes halogenated alkanes) is 1. The number of aliphatic hydroxyl groups excluding tert-OH is 2. The smallest absolute Gasteiger partial charge is 0.0745 e. The van der Waals surface area contributed by atoms with Crippen LogP contribution in [0.15, 0.2) is 0 Å². The first-order chi connectivity index (χ1) is 6.68. The highest BCUT2D eigenvalue weighted by Gasteiger charge is 1.87. The summed E-state index contributed by atoms with van der Waals surface area (Å²) in [5.41, 5.74) is 0. The minimum absolute atomic E-state index is 0.143. The highest BCUT2D eigenvalue weighted by Crippen LogP contribution is 1.85. The topological polar surface area (TPSA) is 58.9 Å². The van der Waals surface area contributed by atoms with Gasteiger partial charge in [-0.25, -0.2) is 0 Å². The molecule has 0 rings (SSSR count). The van der Waals surface area contributed by atoms with E-state index < -0.39 is 0 Å². The fourth-order valence-electron chi connectivity index (χ4n) is 0.654. The second-order valence-electron chi connectivity index (χ2n) is 2.99. The molecule has 0 amide bonds. The van der Waals surface area contributed by atoms with E-state index in [1.54, 1.807) is 14.0 Å². The van der Waals surface area contributed by atoms with E-state index >= 15 is 0 Å². The molecule has 0 bridgehead atoms. The van der Waals surface area contributed by atoms with Crippen molar-refractivity contribution in [3.05, 3.63) is 0 Å². The molecule has 0 radical (unpaired) electrons. The first-order valence-corrected chi connectivity index (χ1v) is 5.04. The molecule has 1 atom stereocenters. The van der Waals surface area contributed by atoms with E-state index in [0.717, 1.165) is 19.4 Å². The molecule has 0 aromatic rings. The molecule has 14 heavy (non-hydrogen) atoms. The third-order valence-electron chi connectivity index (χ3n) is 1.29. The van der Waals surface area contributed by atoms with Crippen LogP contribution in [0.3, 0.4) is 0 Å². The quantitative estimate of drug-likeness (QED) is 0.608. The third kappa shape index (κ3) is 22.6. The van der Waals surface area contributed by atoms with E-state index in [4.69, 9.17) is 14.9 Å². The van der Waals surface area contributed by atoms with E-state index in [-0.39, 0.29) is 12.7 Å². The summed E-state index contributed by atoms with van der Waals surface area (Å²) in [6.07, 6.45) is 1.93. The Morgan fingerprint density at radius 1 is 1.29 bits per heavy atom. The average molecular weight is 208 g/mol. The largest absolute Gasteiger partial charge is 0.394 e. The summed E-state index contributed by atoms with van der Waals surface area (Å²) in [7, 11) is 1.56. The van der Waals surface area contributed by atoms with Crippen molar-refractivity contribution in [2.24, 2.45) is 0 Å². The first-order valence-electron chi connectivity index (χ1n) is 5.04. The zero-order valence-electron chi connectivity index (χ0n) is 9.53. The number of methoxy groups -OCH3 is 1. The van der Waals surface area contributed by atoms with Crippen LogP contribution in [0.1, 0.15) is 26.7 Å². The summed E-state index contributed by atoms with van der Waals surface area (Å²) in [5.74, 6) is 0. The standard InChI is InChI=1S/C6H14O2.C4H10O2/c1-2-3-5-8-6-4-7;1-4(5)3-6-2/h7H,2-6H2,1H3;4-5H,3H2,1-2H3.